The number of halogens is 1. The maximum absolute atomic E-state index is 14.2. The number of aliphatic hydroxyl groups excluding tert-OH is 2. The number of hydrogen-bond acceptors (Lipinski definition) is 4. The lowest BCUT2D eigenvalue weighted by atomic mass is 9.94. The van der Waals surface area contributed by atoms with Crippen LogP contribution >= 0.6 is 0 Å². The van der Waals surface area contributed by atoms with Crippen molar-refractivity contribution in [3.8, 4) is 22.4 Å². The average Bonchev–Trinajstić information content (AvgIpc) is 3.44. The van der Waals surface area contributed by atoms with Gasteiger partial charge in [-0.2, -0.15) is 0 Å². The van der Waals surface area contributed by atoms with Crippen molar-refractivity contribution in [2.45, 2.75) is 70.7 Å². The first kappa shape index (κ1) is 35.3. The predicted octanol–water partition coefficient (Wildman–Crippen LogP) is 8.11. The molecule has 2 unspecified atom stereocenters. The number of benzene rings is 4. The third-order valence-corrected chi connectivity index (χ3v) is 8.62. The number of nitrogens with zero attached hydrogens (tertiary/aromatic N) is 1. The summed E-state index contributed by atoms with van der Waals surface area (Å²) in [6.07, 6.45) is -1.87. The van der Waals surface area contributed by atoms with E-state index in [9.17, 15) is 24.2 Å². The van der Waals surface area contributed by atoms with Crippen molar-refractivity contribution in [3.05, 3.63) is 138 Å². The largest absolute Gasteiger partial charge is 0.393 e. The van der Waals surface area contributed by atoms with Crippen molar-refractivity contribution in [1.29, 1.82) is 0 Å². The topological polar surface area (TPSA) is 104 Å². The molecule has 3 atom stereocenters. The number of carbonyl (C=O) groups is 2. The Morgan fingerprint density at radius 1 is 0.755 bits per heavy atom. The van der Waals surface area contributed by atoms with E-state index >= 15 is 0 Å². The molecule has 2 amide bonds. The van der Waals surface area contributed by atoms with Crippen LogP contribution in [0.15, 0.2) is 115 Å². The van der Waals surface area contributed by atoms with Crippen LogP contribution in [0.3, 0.4) is 0 Å². The highest BCUT2D eigenvalue weighted by molar-refractivity contribution is 6.12. The third-order valence-electron chi connectivity index (χ3n) is 8.62. The second-order valence-electron chi connectivity index (χ2n) is 12.7. The van der Waals surface area contributed by atoms with E-state index in [4.69, 9.17) is 0 Å². The lowest BCUT2D eigenvalue weighted by Gasteiger charge is -2.21. The molecule has 5 rings (SSSR count). The minimum absolute atomic E-state index is 0.00416. The molecule has 4 N–H and O–H groups in total. The van der Waals surface area contributed by atoms with Gasteiger partial charge in [0.05, 0.1) is 35.9 Å². The second-order valence-corrected chi connectivity index (χ2v) is 12.7. The van der Waals surface area contributed by atoms with Gasteiger partial charge in [-0.1, -0.05) is 92.7 Å². The lowest BCUT2D eigenvalue weighted by Crippen LogP contribution is -2.31. The Labute approximate surface area is 287 Å². The molecule has 8 heteroatoms. The van der Waals surface area contributed by atoms with Gasteiger partial charge in [-0.3, -0.25) is 9.59 Å². The van der Waals surface area contributed by atoms with Gasteiger partial charge in [0.2, 0.25) is 5.91 Å². The van der Waals surface area contributed by atoms with Crippen LogP contribution < -0.4 is 10.6 Å². The molecule has 5 aromatic rings. The Morgan fingerprint density at radius 2 is 1.35 bits per heavy atom. The molecule has 0 spiro atoms. The van der Waals surface area contributed by atoms with E-state index in [1.165, 1.54) is 12.1 Å². The molecule has 0 aliphatic carbocycles. The first-order chi connectivity index (χ1) is 23.6. The van der Waals surface area contributed by atoms with E-state index in [2.05, 4.69) is 10.6 Å². The fourth-order valence-electron chi connectivity index (χ4n) is 6.34. The molecule has 0 aliphatic heterocycles. The van der Waals surface area contributed by atoms with E-state index in [0.29, 0.717) is 23.4 Å². The Bertz CT molecular complexity index is 1820. The fraction of sp³-hybridized carbons (Fsp3) is 0.268. The van der Waals surface area contributed by atoms with E-state index in [1.807, 2.05) is 116 Å². The lowest BCUT2D eigenvalue weighted by molar-refractivity contribution is -0.124. The number of anilines is 1. The fourth-order valence-corrected chi connectivity index (χ4v) is 6.34. The summed E-state index contributed by atoms with van der Waals surface area (Å²) in [6, 6.07) is 34.4. The van der Waals surface area contributed by atoms with Crippen LogP contribution in [0.25, 0.3) is 22.4 Å². The van der Waals surface area contributed by atoms with Crippen molar-refractivity contribution in [1.82, 2.24) is 9.88 Å². The number of nitrogens with one attached hydrogen (secondary N) is 2. The average molecular weight is 662 g/mol. The normalized spacial score (nSPS) is 13.1. The SMILES string of the molecule is CC(C)c1c(C(=O)Nc2ccccc2)c(-c2ccccc2)c(-c2ccc(F)cc2)n1CCC(O)CC(O)CC(=O)N[C@H](C)c1ccccc1. The van der Waals surface area contributed by atoms with Crippen molar-refractivity contribution in [3.63, 3.8) is 0 Å². The maximum atomic E-state index is 14.2. The Morgan fingerprint density at radius 3 is 1.96 bits per heavy atom. The molecular formula is C41H44FN3O4. The quantitative estimate of drug-likeness (QED) is 0.0966. The van der Waals surface area contributed by atoms with Gasteiger partial charge < -0.3 is 25.4 Å². The number of rotatable bonds is 14. The van der Waals surface area contributed by atoms with Gasteiger partial charge >= 0.3 is 0 Å². The van der Waals surface area contributed by atoms with Gasteiger partial charge in [0, 0.05) is 23.5 Å². The first-order valence-corrected chi connectivity index (χ1v) is 16.8. The summed E-state index contributed by atoms with van der Waals surface area (Å²) in [7, 11) is 0. The van der Waals surface area contributed by atoms with Crippen molar-refractivity contribution in [2.75, 3.05) is 5.32 Å². The predicted molar refractivity (Wildman–Crippen MR) is 193 cm³/mol. The number of aliphatic hydroxyl groups is 2. The molecule has 4 aromatic carbocycles. The molecule has 254 valence electrons. The maximum Gasteiger partial charge on any atom is 0.258 e. The van der Waals surface area contributed by atoms with Crippen LogP contribution in [0.2, 0.25) is 0 Å². The summed E-state index contributed by atoms with van der Waals surface area (Å²) in [5.41, 5.74) is 5.88. The Balaban J connectivity index is 1.45. The number of para-hydroxylation sites is 1. The zero-order valence-electron chi connectivity index (χ0n) is 28.1. The number of amides is 2. The van der Waals surface area contributed by atoms with E-state index in [1.54, 1.807) is 12.1 Å². The summed E-state index contributed by atoms with van der Waals surface area (Å²) >= 11 is 0. The summed E-state index contributed by atoms with van der Waals surface area (Å²) in [4.78, 5) is 26.9. The molecule has 0 saturated carbocycles. The monoisotopic (exact) mass is 661 g/mol. The highest BCUT2D eigenvalue weighted by atomic mass is 19.1. The molecule has 0 bridgehead atoms. The number of aromatic nitrogens is 1. The van der Waals surface area contributed by atoms with Crippen molar-refractivity contribution < 1.29 is 24.2 Å². The molecule has 0 fully saturated rings. The van der Waals surface area contributed by atoms with Crippen LogP contribution in [0, 0.1) is 5.82 Å². The van der Waals surface area contributed by atoms with E-state index in [0.717, 1.165) is 28.1 Å². The van der Waals surface area contributed by atoms with Gasteiger partial charge in [0.25, 0.3) is 5.91 Å². The van der Waals surface area contributed by atoms with Crippen molar-refractivity contribution in [2.24, 2.45) is 0 Å². The minimum Gasteiger partial charge on any atom is -0.393 e. The summed E-state index contributed by atoms with van der Waals surface area (Å²) in [5, 5.41) is 27.9. The zero-order chi connectivity index (χ0) is 34.9. The molecule has 7 nitrogen and oxygen atoms in total. The van der Waals surface area contributed by atoms with Gasteiger partial charge in [0.15, 0.2) is 0 Å². The highest BCUT2D eigenvalue weighted by Crippen LogP contribution is 2.42. The molecule has 0 radical (unpaired) electrons. The molecule has 0 saturated heterocycles. The molecule has 0 aliphatic rings. The molecule has 1 aromatic heterocycles. The van der Waals surface area contributed by atoms with Gasteiger partial charge in [0.1, 0.15) is 5.82 Å². The third kappa shape index (κ3) is 8.90. The molecular weight excluding hydrogens is 617 g/mol. The minimum atomic E-state index is -1.05. The van der Waals surface area contributed by atoms with E-state index in [-0.39, 0.29) is 48.9 Å². The van der Waals surface area contributed by atoms with Crippen LogP contribution in [0.1, 0.15) is 73.6 Å². The number of carbonyl (C=O) groups excluding carboxylic acids is 2. The van der Waals surface area contributed by atoms with Crippen LogP contribution in [-0.2, 0) is 11.3 Å². The molecule has 1 heterocycles. The smallest absolute Gasteiger partial charge is 0.258 e. The van der Waals surface area contributed by atoms with Gasteiger partial charge in [-0.15, -0.1) is 0 Å². The summed E-state index contributed by atoms with van der Waals surface area (Å²) in [5.74, 6) is -1.06. The standard InChI is InChI=1S/C41H44FN3O4/c1-27(2)39-38(41(49)44-33-17-11-6-12-18-33)37(30-15-9-5-10-16-30)40(31-19-21-32(42)22-20-31)45(39)24-23-34(46)25-35(47)26-36(48)43-28(3)29-13-7-4-8-14-29/h4-22,27-28,34-35,46-47H,23-26H2,1-3H3,(H,43,48)(H,44,49)/t28-,34?,35?/m1/s1. The Hall–Kier alpha value is -5.05. The van der Waals surface area contributed by atoms with Crippen LogP contribution in [0.4, 0.5) is 10.1 Å². The van der Waals surface area contributed by atoms with Gasteiger partial charge in [-0.05, 0) is 78.8 Å². The van der Waals surface area contributed by atoms with Crippen LogP contribution in [-0.4, -0.2) is 38.8 Å². The van der Waals surface area contributed by atoms with Crippen molar-refractivity contribution >= 4 is 17.5 Å². The Kier molecular flexibility index (Phi) is 11.8. The first-order valence-electron chi connectivity index (χ1n) is 16.8. The highest BCUT2D eigenvalue weighted by Gasteiger charge is 2.31. The van der Waals surface area contributed by atoms with E-state index < -0.39 is 12.2 Å². The molecule has 49 heavy (non-hydrogen) atoms. The second kappa shape index (κ2) is 16.4. The zero-order valence-corrected chi connectivity index (χ0v) is 28.1. The van der Waals surface area contributed by atoms with Crippen LogP contribution in [0.5, 0.6) is 0 Å². The number of hydrogen-bond donors (Lipinski definition) is 4. The summed E-state index contributed by atoms with van der Waals surface area (Å²) < 4.78 is 16.2. The summed E-state index contributed by atoms with van der Waals surface area (Å²) in [6.45, 7) is 6.23. The van der Waals surface area contributed by atoms with Gasteiger partial charge in [-0.25, -0.2) is 4.39 Å².